The van der Waals surface area contributed by atoms with Crippen molar-refractivity contribution in [1.29, 1.82) is 0 Å². The Balaban J connectivity index is 1.91. The molecule has 2 rings (SSSR count). The Bertz CT molecular complexity index is 720. The van der Waals surface area contributed by atoms with Crippen molar-refractivity contribution >= 4 is 27.5 Å². The van der Waals surface area contributed by atoms with Crippen LogP contribution in [-0.2, 0) is 19.6 Å². The molecule has 9 heteroatoms. The minimum absolute atomic E-state index is 0.0203. The van der Waals surface area contributed by atoms with Crippen LogP contribution in [-0.4, -0.2) is 52.7 Å². The zero-order chi connectivity index (χ0) is 17.7. The van der Waals surface area contributed by atoms with Crippen molar-refractivity contribution in [3.63, 3.8) is 0 Å². The van der Waals surface area contributed by atoms with Crippen molar-refractivity contribution in [3.05, 3.63) is 24.3 Å². The first-order chi connectivity index (χ1) is 11.3. The largest absolute Gasteiger partial charge is 0.495 e. The van der Waals surface area contributed by atoms with E-state index in [9.17, 15) is 18.0 Å². The van der Waals surface area contributed by atoms with E-state index in [0.29, 0.717) is 18.0 Å². The van der Waals surface area contributed by atoms with Gasteiger partial charge in [0.2, 0.25) is 21.8 Å². The fraction of sp³-hybridized carbons (Fsp3) is 0.467. The third-order valence-corrected chi connectivity index (χ3v) is 4.31. The number of hydrogen-bond acceptors (Lipinski definition) is 5. The van der Waals surface area contributed by atoms with Crippen molar-refractivity contribution in [2.75, 3.05) is 31.4 Å². The fourth-order valence-corrected chi connectivity index (χ4v) is 3.01. The molecule has 2 N–H and O–H groups in total. The maximum atomic E-state index is 12.2. The summed E-state index contributed by atoms with van der Waals surface area (Å²) < 4.78 is 29.4. The van der Waals surface area contributed by atoms with Crippen LogP contribution >= 0.6 is 0 Å². The SMILES string of the molecule is COc1ccccc1N1C[C@@H](NC(=O)CCNS(C)(=O)=O)CC1=O. The van der Waals surface area contributed by atoms with E-state index >= 15 is 0 Å². The summed E-state index contributed by atoms with van der Waals surface area (Å²) in [5.74, 6) is 0.195. The number of rotatable bonds is 7. The molecular weight excluding hydrogens is 334 g/mol. The lowest BCUT2D eigenvalue weighted by Gasteiger charge is -2.19. The second-order valence-corrected chi connectivity index (χ2v) is 7.39. The Kier molecular flexibility index (Phi) is 5.79. The van der Waals surface area contributed by atoms with Crippen LogP contribution in [0.25, 0.3) is 0 Å². The van der Waals surface area contributed by atoms with Gasteiger partial charge in [-0.15, -0.1) is 0 Å². The number of carbonyl (C=O) groups excluding carboxylic acids is 2. The van der Waals surface area contributed by atoms with Crippen LogP contribution in [0, 0.1) is 0 Å². The standard InChI is InChI=1S/C15H21N3O5S/c1-23-13-6-4-3-5-12(13)18-10-11(9-15(18)20)17-14(19)7-8-16-24(2,21)22/h3-6,11,16H,7-10H2,1-2H3,(H,17,19)/t11-/m0/s1. The number of anilines is 1. The maximum absolute atomic E-state index is 12.2. The lowest BCUT2D eigenvalue weighted by atomic mass is 10.2. The zero-order valence-electron chi connectivity index (χ0n) is 13.6. The highest BCUT2D eigenvalue weighted by molar-refractivity contribution is 7.88. The van der Waals surface area contributed by atoms with Gasteiger partial charge < -0.3 is 15.0 Å². The second-order valence-electron chi connectivity index (χ2n) is 5.56. The summed E-state index contributed by atoms with van der Waals surface area (Å²) in [6.45, 7) is 0.381. The van der Waals surface area contributed by atoms with Crippen LogP contribution < -0.4 is 19.7 Å². The van der Waals surface area contributed by atoms with E-state index in [1.165, 1.54) is 7.11 Å². The number of nitrogens with zero attached hydrogens (tertiary/aromatic N) is 1. The van der Waals surface area contributed by atoms with Crippen LogP contribution in [0.5, 0.6) is 5.75 Å². The summed E-state index contributed by atoms with van der Waals surface area (Å²) in [5, 5.41) is 2.76. The van der Waals surface area contributed by atoms with E-state index in [1.54, 1.807) is 17.0 Å². The maximum Gasteiger partial charge on any atom is 0.229 e. The molecule has 0 bridgehead atoms. The number of sulfonamides is 1. The topological polar surface area (TPSA) is 105 Å². The number of nitrogens with one attached hydrogen (secondary N) is 2. The lowest BCUT2D eigenvalue weighted by Crippen LogP contribution is -2.38. The highest BCUT2D eigenvalue weighted by atomic mass is 32.2. The summed E-state index contributed by atoms with van der Waals surface area (Å²) in [5.41, 5.74) is 0.667. The molecule has 24 heavy (non-hydrogen) atoms. The molecule has 0 aliphatic carbocycles. The molecule has 2 amide bonds. The van der Waals surface area contributed by atoms with Gasteiger partial charge in [0, 0.05) is 25.9 Å². The molecule has 0 saturated carbocycles. The molecule has 0 radical (unpaired) electrons. The number of ether oxygens (including phenoxy) is 1. The summed E-state index contributed by atoms with van der Waals surface area (Å²) in [6.07, 6.45) is 1.25. The van der Waals surface area contributed by atoms with Gasteiger partial charge in [-0.3, -0.25) is 9.59 Å². The first-order valence-corrected chi connectivity index (χ1v) is 9.36. The Morgan fingerprint density at radius 2 is 2.08 bits per heavy atom. The van der Waals surface area contributed by atoms with Gasteiger partial charge in [0.25, 0.3) is 0 Å². The van der Waals surface area contributed by atoms with E-state index in [0.717, 1.165) is 6.26 Å². The Morgan fingerprint density at radius 3 is 2.75 bits per heavy atom. The van der Waals surface area contributed by atoms with Gasteiger partial charge in [-0.05, 0) is 12.1 Å². The van der Waals surface area contributed by atoms with Crippen molar-refractivity contribution in [1.82, 2.24) is 10.0 Å². The highest BCUT2D eigenvalue weighted by Gasteiger charge is 2.32. The number of amides is 2. The number of benzene rings is 1. The van der Waals surface area contributed by atoms with Gasteiger partial charge >= 0.3 is 0 Å². The van der Waals surface area contributed by atoms with Crippen LogP contribution in [0.4, 0.5) is 5.69 Å². The number of methoxy groups -OCH3 is 1. The normalized spacial score (nSPS) is 17.8. The molecule has 0 spiro atoms. The molecule has 1 aliphatic heterocycles. The molecule has 132 valence electrons. The van der Waals surface area contributed by atoms with Gasteiger partial charge in [-0.1, -0.05) is 12.1 Å². The Morgan fingerprint density at radius 1 is 1.38 bits per heavy atom. The van der Waals surface area contributed by atoms with Crippen molar-refractivity contribution in [3.8, 4) is 5.75 Å². The minimum Gasteiger partial charge on any atom is -0.495 e. The second kappa shape index (κ2) is 7.63. The quantitative estimate of drug-likeness (QED) is 0.708. The van der Waals surface area contributed by atoms with Gasteiger partial charge in [-0.25, -0.2) is 13.1 Å². The molecule has 0 aromatic heterocycles. The molecule has 8 nitrogen and oxygen atoms in total. The molecule has 1 aromatic carbocycles. The predicted octanol–water partition coefficient (Wildman–Crippen LogP) is -0.144. The molecule has 1 saturated heterocycles. The monoisotopic (exact) mass is 355 g/mol. The summed E-state index contributed by atoms with van der Waals surface area (Å²) in [7, 11) is -1.78. The predicted molar refractivity (Wildman–Crippen MR) is 89.4 cm³/mol. The van der Waals surface area contributed by atoms with Crippen LogP contribution in [0.2, 0.25) is 0 Å². The molecule has 1 aromatic rings. The molecule has 1 heterocycles. The van der Waals surface area contributed by atoms with E-state index in [2.05, 4.69) is 10.0 Å². The third-order valence-electron chi connectivity index (χ3n) is 3.58. The molecular formula is C15H21N3O5S. The summed E-state index contributed by atoms with van der Waals surface area (Å²) in [4.78, 5) is 25.6. The van der Waals surface area contributed by atoms with Crippen LogP contribution in [0.3, 0.4) is 0 Å². The van der Waals surface area contributed by atoms with Gasteiger partial charge in [0.05, 0.1) is 25.1 Å². The average Bonchev–Trinajstić information content (AvgIpc) is 2.86. The van der Waals surface area contributed by atoms with Gasteiger partial charge in [0.1, 0.15) is 5.75 Å². The first kappa shape index (κ1) is 18.2. The van der Waals surface area contributed by atoms with E-state index < -0.39 is 10.0 Å². The Labute approximate surface area is 141 Å². The molecule has 1 aliphatic rings. The number of carbonyl (C=O) groups is 2. The molecule has 1 fully saturated rings. The van der Waals surface area contributed by atoms with E-state index in [-0.39, 0.29) is 37.2 Å². The van der Waals surface area contributed by atoms with Crippen molar-refractivity contribution < 1.29 is 22.7 Å². The van der Waals surface area contributed by atoms with Crippen LogP contribution in [0.15, 0.2) is 24.3 Å². The van der Waals surface area contributed by atoms with Gasteiger partial charge in [-0.2, -0.15) is 0 Å². The zero-order valence-corrected chi connectivity index (χ0v) is 14.4. The van der Waals surface area contributed by atoms with Crippen LogP contribution in [0.1, 0.15) is 12.8 Å². The smallest absolute Gasteiger partial charge is 0.229 e. The molecule has 1 atom stereocenters. The number of hydrogen-bond donors (Lipinski definition) is 2. The summed E-state index contributed by atoms with van der Waals surface area (Å²) in [6, 6.07) is 6.88. The first-order valence-electron chi connectivity index (χ1n) is 7.47. The average molecular weight is 355 g/mol. The number of para-hydroxylation sites is 2. The van der Waals surface area contributed by atoms with Crippen molar-refractivity contribution in [2.24, 2.45) is 0 Å². The van der Waals surface area contributed by atoms with Gasteiger partial charge in [0.15, 0.2) is 0 Å². The van der Waals surface area contributed by atoms with Crippen molar-refractivity contribution in [2.45, 2.75) is 18.9 Å². The van der Waals surface area contributed by atoms with E-state index in [4.69, 9.17) is 4.74 Å². The minimum atomic E-state index is -3.31. The summed E-state index contributed by atoms with van der Waals surface area (Å²) >= 11 is 0. The molecule has 0 unspecified atom stereocenters. The third kappa shape index (κ3) is 4.93. The van der Waals surface area contributed by atoms with E-state index in [1.807, 2.05) is 12.1 Å². The lowest BCUT2D eigenvalue weighted by molar-refractivity contribution is -0.121. The fourth-order valence-electron chi connectivity index (χ4n) is 2.54. The highest BCUT2D eigenvalue weighted by Crippen LogP contribution is 2.30. The Hall–Kier alpha value is -2.13.